The molecule has 0 unspecified atom stereocenters. The molecule has 0 aliphatic heterocycles. The van der Waals surface area contributed by atoms with Crippen LogP contribution in [0.3, 0.4) is 0 Å². The first-order valence-electron chi connectivity index (χ1n) is 5.96. The summed E-state index contributed by atoms with van der Waals surface area (Å²) in [4.78, 5) is 0. The van der Waals surface area contributed by atoms with E-state index in [4.69, 9.17) is 0 Å². The minimum absolute atomic E-state index is 0.418. The maximum Gasteiger partial charge on any atom is 0.000000185 e. The lowest BCUT2D eigenvalue weighted by Gasteiger charge is -2.19. The smallest absolute Gasteiger partial charge is 0.000000185 e. The summed E-state index contributed by atoms with van der Waals surface area (Å²) in [5.74, 6) is 0. The number of hydrogen-bond donors (Lipinski definition) is 1. The zero-order valence-electron chi connectivity index (χ0n) is 10.0. The molecule has 0 aromatic rings. The van der Waals surface area contributed by atoms with Gasteiger partial charge in [-0.1, -0.05) is 32.4 Å². The van der Waals surface area contributed by atoms with Gasteiger partial charge in [-0.05, 0) is 44.1 Å². The zero-order valence-corrected chi connectivity index (χ0v) is 10.0. The van der Waals surface area contributed by atoms with Crippen LogP contribution in [-0.2, 0) is 0 Å². The minimum atomic E-state index is 0.418. The lowest BCUT2D eigenvalue weighted by Crippen LogP contribution is -2.27. The van der Waals surface area contributed by atoms with Crippen LogP contribution in [0.4, 0.5) is 0 Å². The fourth-order valence-corrected chi connectivity index (χ4v) is 1.84. The van der Waals surface area contributed by atoms with Gasteiger partial charge >= 0.3 is 0 Å². The average Bonchev–Trinajstić information content (AvgIpc) is 2.13. The third-order valence-electron chi connectivity index (χ3n) is 2.66. The largest absolute Gasteiger partial charge is 0.316 e. The van der Waals surface area contributed by atoms with E-state index >= 15 is 0 Å². The van der Waals surface area contributed by atoms with E-state index in [-0.39, 0.29) is 0 Å². The third kappa shape index (κ3) is 5.43. The number of hydrogen-bond acceptors (Lipinski definition) is 1. The molecule has 0 radical (unpaired) electrons. The Kier molecular flexibility index (Phi) is 4.67. The highest BCUT2D eigenvalue weighted by Crippen LogP contribution is 2.19. The monoisotopic (exact) mass is 195 g/mol. The molecule has 1 nitrogen and oxygen atoms in total. The molecule has 0 aromatic heterocycles. The second kappa shape index (κ2) is 5.55. The number of rotatable bonds is 4. The second-order valence-corrected chi connectivity index (χ2v) is 5.60. The molecule has 1 aliphatic rings. The molecule has 1 aliphatic carbocycles. The molecule has 0 heterocycles. The Balaban J connectivity index is 2.06. The molecule has 1 N–H and O–H groups in total. The fraction of sp³-hybridized carbons (Fsp3) is 0.846. The Morgan fingerprint density at radius 1 is 1.29 bits per heavy atom. The third-order valence-corrected chi connectivity index (χ3v) is 2.66. The van der Waals surface area contributed by atoms with Crippen LogP contribution in [0.1, 0.15) is 52.9 Å². The highest BCUT2D eigenvalue weighted by atomic mass is 14.9. The maximum atomic E-state index is 3.53. The Morgan fingerprint density at radius 2 is 2.07 bits per heavy atom. The summed E-state index contributed by atoms with van der Waals surface area (Å²) in [6.45, 7) is 9.11. The van der Waals surface area contributed by atoms with Crippen molar-refractivity contribution in [1.29, 1.82) is 0 Å². The quantitative estimate of drug-likeness (QED) is 0.534. The summed E-state index contributed by atoms with van der Waals surface area (Å²) < 4.78 is 0. The van der Waals surface area contributed by atoms with Crippen molar-refractivity contribution in [2.24, 2.45) is 5.41 Å². The van der Waals surface area contributed by atoms with E-state index in [1.807, 2.05) is 0 Å². The van der Waals surface area contributed by atoms with Gasteiger partial charge in [-0.3, -0.25) is 0 Å². The fourth-order valence-electron chi connectivity index (χ4n) is 1.84. The van der Waals surface area contributed by atoms with Crippen LogP contribution >= 0.6 is 0 Å². The number of allylic oxidation sites excluding steroid dienone is 1. The molecule has 0 atom stereocenters. The van der Waals surface area contributed by atoms with E-state index in [1.54, 1.807) is 5.57 Å². The van der Waals surface area contributed by atoms with Gasteiger partial charge in [0.05, 0.1) is 0 Å². The summed E-state index contributed by atoms with van der Waals surface area (Å²) >= 11 is 0. The first kappa shape index (κ1) is 11.8. The zero-order chi connectivity index (χ0) is 10.4. The van der Waals surface area contributed by atoms with E-state index in [9.17, 15) is 0 Å². The van der Waals surface area contributed by atoms with Gasteiger partial charge in [-0.2, -0.15) is 0 Å². The Labute approximate surface area is 89.0 Å². The van der Waals surface area contributed by atoms with E-state index in [0.717, 1.165) is 13.1 Å². The van der Waals surface area contributed by atoms with E-state index in [2.05, 4.69) is 32.2 Å². The molecule has 0 spiro atoms. The topological polar surface area (TPSA) is 12.0 Å². The summed E-state index contributed by atoms with van der Waals surface area (Å²) in [5, 5.41) is 3.53. The summed E-state index contributed by atoms with van der Waals surface area (Å²) in [6.07, 6.45) is 9.17. The molecule has 0 amide bonds. The highest BCUT2D eigenvalue weighted by Gasteiger charge is 2.09. The van der Waals surface area contributed by atoms with Crippen LogP contribution < -0.4 is 5.32 Å². The molecular weight excluding hydrogens is 170 g/mol. The van der Waals surface area contributed by atoms with Gasteiger partial charge in [-0.25, -0.2) is 0 Å². The molecule has 14 heavy (non-hydrogen) atoms. The minimum Gasteiger partial charge on any atom is -0.316 e. The van der Waals surface area contributed by atoms with Gasteiger partial charge in [0.2, 0.25) is 0 Å². The van der Waals surface area contributed by atoms with Crippen LogP contribution in [0.25, 0.3) is 0 Å². The standard InChI is InChI=1S/C13H25N/c1-13(2,3)11-14-10-9-12-7-5-4-6-8-12/h7,14H,4-6,8-11H2,1-3H3. The summed E-state index contributed by atoms with van der Waals surface area (Å²) in [6, 6.07) is 0. The van der Waals surface area contributed by atoms with Crippen molar-refractivity contribution in [3.05, 3.63) is 11.6 Å². The molecular formula is C13H25N. The first-order chi connectivity index (χ1) is 6.58. The van der Waals surface area contributed by atoms with Crippen molar-refractivity contribution < 1.29 is 0 Å². The normalized spacial score (nSPS) is 18.1. The predicted octanol–water partition coefficient (Wildman–Crippen LogP) is 3.51. The van der Waals surface area contributed by atoms with Crippen LogP contribution in [0.5, 0.6) is 0 Å². The predicted molar refractivity (Wildman–Crippen MR) is 63.5 cm³/mol. The Bertz CT molecular complexity index is 186. The van der Waals surface area contributed by atoms with Gasteiger partial charge in [0.1, 0.15) is 0 Å². The van der Waals surface area contributed by atoms with Crippen molar-refractivity contribution in [2.75, 3.05) is 13.1 Å². The molecule has 1 rings (SSSR count). The van der Waals surface area contributed by atoms with Gasteiger partial charge in [0.25, 0.3) is 0 Å². The van der Waals surface area contributed by atoms with E-state index in [0.29, 0.717) is 5.41 Å². The van der Waals surface area contributed by atoms with Gasteiger partial charge in [0, 0.05) is 6.54 Å². The molecule has 82 valence electrons. The molecule has 0 bridgehead atoms. The lowest BCUT2D eigenvalue weighted by molar-refractivity contribution is 0.381. The average molecular weight is 195 g/mol. The van der Waals surface area contributed by atoms with Crippen molar-refractivity contribution >= 4 is 0 Å². The van der Waals surface area contributed by atoms with Crippen molar-refractivity contribution in [1.82, 2.24) is 5.32 Å². The molecule has 0 saturated carbocycles. The molecule has 1 heteroatoms. The molecule has 0 saturated heterocycles. The van der Waals surface area contributed by atoms with E-state index in [1.165, 1.54) is 32.1 Å². The van der Waals surface area contributed by atoms with Crippen LogP contribution in [0, 0.1) is 5.41 Å². The van der Waals surface area contributed by atoms with Gasteiger partial charge < -0.3 is 5.32 Å². The Hall–Kier alpha value is -0.300. The summed E-state index contributed by atoms with van der Waals surface area (Å²) in [5.41, 5.74) is 2.10. The summed E-state index contributed by atoms with van der Waals surface area (Å²) in [7, 11) is 0. The maximum absolute atomic E-state index is 3.53. The lowest BCUT2D eigenvalue weighted by atomic mass is 9.95. The molecule has 0 aromatic carbocycles. The van der Waals surface area contributed by atoms with Crippen LogP contribution in [0.2, 0.25) is 0 Å². The second-order valence-electron chi connectivity index (χ2n) is 5.60. The van der Waals surface area contributed by atoms with Crippen molar-refractivity contribution in [3.63, 3.8) is 0 Å². The first-order valence-corrected chi connectivity index (χ1v) is 5.96. The van der Waals surface area contributed by atoms with Crippen molar-refractivity contribution in [3.8, 4) is 0 Å². The Morgan fingerprint density at radius 3 is 2.64 bits per heavy atom. The van der Waals surface area contributed by atoms with Crippen molar-refractivity contribution in [2.45, 2.75) is 52.9 Å². The van der Waals surface area contributed by atoms with Crippen LogP contribution in [0.15, 0.2) is 11.6 Å². The van der Waals surface area contributed by atoms with Gasteiger partial charge in [-0.15, -0.1) is 0 Å². The van der Waals surface area contributed by atoms with E-state index < -0.39 is 0 Å². The molecule has 0 fully saturated rings. The van der Waals surface area contributed by atoms with Gasteiger partial charge in [0.15, 0.2) is 0 Å². The SMILES string of the molecule is CC(C)(C)CNCCC1=CCCCC1. The number of nitrogens with one attached hydrogen (secondary N) is 1. The van der Waals surface area contributed by atoms with Crippen LogP contribution in [-0.4, -0.2) is 13.1 Å². The highest BCUT2D eigenvalue weighted by molar-refractivity contribution is 5.05.